The molecule has 1 aliphatic rings. The fourth-order valence-electron chi connectivity index (χ4n) is 4.20. The molecule has 1 aliphatic heterocycles. The number of nitrogens with zero attached hydrogens (tertiary/aromatic N) is 2. The second-order valence-electron chi connectivity index (χ2n) is 8.54. The number of sulfonamides is 1. The number of rotatable bonds is 8. The number of hydrogen-bond donors (Lipinski definition) is 0. The maximum absolute atomic E-state index is 13.7. The van der Waals surface area contributed by atoms with Crippen LogP contribution in [-0.2, 0) is 32.6 Å². The van der Waals surface area contributed by atoms with Gasteiger partial charge in [-0.15, -0.1) is 0 Å². The maximum Gasteiger partial charge on any atom is 0.267 e. The maximum atomic E-state index is 13.7. The predicted molar refractivity (Wildman–Crippen MR) is 130 cm³/mol. The summed E-state index contributed by atoms with van der Waals surface area (Å²) >= 11 is 0. The van der Waals surface area contributed by atoms with Crippen molar-refractivity contribution in [2.45, 2.75) is 43.7 Å². The number of carbonyl (C=O) groups is 2. The van der Waals surface area contributed by atoms with Crippen molar-refractivity contribution in [1.82, 2.24) is 9.21 Å². The molecule has 176 valence electrons. The molecule has 0 bridgehead atoms. The Morgan fingerprint density at radius 2 is 1.50 bits per heavy atom. The van der Waals surface area contributed by atoms with Crippen LogP contribution < -0.4 is 0 Å². The van der Waals surface area contributed by atoms with Gasteiger partial charge in [0, 0.05) is 19.5 Å². The van der Waals surface area contributed by atoms with E-state index in [9.17, 15) is 18.0 Å². The summed E-state index contributed by atoms with van der Waals surface area (Å²) in [5, 5.41) is 0. The molecule has 6 nitrogen and oxygen atoms in total. The molecular weight excluding hydrogens is 448 g/mol. The molecule has 2 amide bonds. The highest BCUT2D eigenvalue weighted by Gasteiger charge is 2.45. The summed E-state index contributed by atoms with van der Waals surface area (Å²) in [6.07, 6.45) is 0.837. The molecule has 34 heavy (non-hydrogen) atoms. The lowest BCUT2D eigenvalue weighted by molar-refractivity contribution is -0.138. The van der Waals surface area contributed by atoms with Crippen LogP contribution in [0.25, 0.3) is 0 Å². The molecule has 7 heteroatoms. The van der Waals surface area contributed by atoms with Gasteiger partial charge in [-0.25, -0.2) is 12.7 Å². The van der Waals surface area contributed by atoms with Gasteiger partial charge in [-0.05, 0) is 43.0 Å². The van der Waals surface area contributed by atoms with E-state index in [1.807, 2.05) is 67.6 Å². The number of aryl methyl sites for hydroxylation is 1. The second kappa shape index (κ2) is 10.2. The fourth-order valence-corrected chi connectivity index (χ4v) is 5.80. The molecule has 0 aromatic heterocycles. The van der Waals surface area contributed by atoms with Gasteiger partial charge in [0.15, 0.2) is 0 Å². The van der Waals surface area contributed by atoms with E-state index in [2.05, 4.69) is 0 Å². The number of hydrogen-bond acceptors (Lipinski definition) is 4. The largest absolute Gasteiger partial charge is 0.336 e. The lowest BCUT2D eigenvalue weighted by Crippen LogP contribution is -2.49. The Balaban J connectivity index is 1.61. The summed E-state index contributed by atoms with van der Waals surface area (Å²) in [6.45, 7) is 2.62. The van der Waals surface area contributed by atoms with Gasteiger partial charge in [-0.1, -0.05) is 78.4 Å². The third kappa shape index (κ3) is 5.20. The van der Waals surface area contributed by atoms with Crippen LogP contribution >= 0.6 is 0 Å². The Kier molecular flexibility index (Phi) is 7.12. The Hall–Kier alpha value is -3.45. The van der Waals surface area contributed by atoms with Crippen LogP contribution in [0.1, 0.15) is 29.5 Å². The van der Waals surface area contributed by atoms with Crippen LogP contribution in [0.15, 0.2) is 89.8 Å². The van der Waals surface area contributed by atoms with E-state index in [4.69, 9.17) is 0 Å². The van der Waals surface area contributed by atoms with E-state index in [1.54, 1.807) is 17.0 Å². The Morgan fingerprint density at radius 3 is 2.12 bits per heavy atom. The molecular formula is C27H28N2O4S. The molecule has 0 spiro atoms. The minimum Gasteiger partial charge on any atom is -0.336 e. The summed E-state index contributed by atoms with van der Waals surface area (Å²) in [7, 11) is -4.14. The minimum absolute atomic E-state index is 0.0186. The van der Waals surface area contributed by atoms with E-state index in [0.717, 1.165) is 21.0 Å². The molecule has 0 saturated carbocycles. The zero-order chi connectivity index (χ0) is 24.1. The lowest BCUT2D eigenvalue weighted by atomic mass is 10.1. The molecule has 3 aromatic rings. The molecule has 1 heterocycles. The van der Waals surface area contributed by atoms with E-state index < -0.39 is 22.0 Å². The average molecular weight is 477 g/mol. The summed E-state index contributed by atoms with van der Waals surface area (Å²) in [5.74, 6) is -0.886. The average Bonchev–Trinajstić information content (AvgIpc) is 3.25. The highest BCUT2D eigenvalue weighted by molar-refractivity contribution is 7.89. The lowest BCUT2D eigenvalue weighted by Gasteiger charge is -2.30. The second-order valence-corrected chi connectivity index (χ2v) is 10.4. The Morgan fingerprint density at radius 1 is 0.912 bits per heavy atom. The van der Waals surface area contributed by atoms with Gasteiger partial charge < -0.3 is 4.90 Å². The first kappa shape index (κ1) is 23.7. The van der Waals surface area contributed by atoms with E-state index in [1.165, 1.54) is 12.1 Å². The molecule has 0 aliphatic carbocycles. The van der Waals surface area contributed by atoms with E-state index in [0.29, 0.717) is 19.5 Å². The first-order valence-corrected chi connectivity index (χ1v) is 12.8. The molecule has 0 radical (unpaired) electrons. The molecule has 1 saturated heterocycles. The smallest absolute Gasteiger partial charge is 0.267 e. The Bertz CT molecular complexity index is 1240. The zero-order valence-electron chi connectivity index (χ0n) is 19.1. The summed E-state index contributed by atoms with van der Waals surface area (Å²) in [6, 6.07) is 24.7. The van der Waals surface area contributed by atoms with E-state index >= 15 is 0 Å². The van der Waals surface area contributed by atoms with Crippen molar-refractivity contribution >= 4 is 21.8 Å². The summed E-state index contributed by atoms with van der Waals surface area (Å²) in [4.78, 5) is 28.1. The molecule has 0 unspecified atom stereocenters. The van der Waals surface area contributed by atoms with Gasteiger partial charge in [0.2, 0.25) is 11.8 Å². The molecule has 4 rings (SSSR count). The van der Waals surface area contributed by atoms with Gasteiger partial charge in [0.1, 0.15) is 6.04 Å². The van der Waals surface area contributed by atoms with Crippen molar-refractivity contribution in [1.29, 1.82) is 0 Å². The highest BCUT2D eigenvalue weighted by atomic mass is 32.2. The van der Waals surface area contributed by atoms with E-state index in [-0.39, 0.29) is 23.6 Å². The minimum atomic E-state index is -4.14. The molecule has 1 atom stereocenters. The number of amides is 2. The van der Waals surface area contributed by atoms with Gasteiger partial charge in [-0.2, -0.15) is 0 Å². The van der Waals surface area contributed by atoms with Gasteiger partial charge >= 0.3 is 0 Å². The van der Waals surface area contributed by atoms with Crippen LogP contribution in [0.4, 0.5) is 0 Å². The van der Waals surface area contributed by atoms with Crippen molar-refractivity contribution < 1.29 is 18.0 Å². The highest BCUT2D eigenvalue weighted by Crippen LogP contribution is 2.29. The standard InChI is InChI=1S/C27H28N2O4S/c1-21-12-14-24(15-13-21)34(32,33)29-25(16-17-26(29)30)27(31)28(20-23-10-6-3-7-11-23)19-18-22-8-4-2-5-9-22/h2-15,25H,16-20H2,1H3/t25-/m1/s1. The topological polar surface area (TPSA) is 74.8 Å². The first-order valence-electron chi connectivity index (χ1n) is 11.4. The monoisotopic (exact) mass is 476 g/mol. The summed E-state index contributed by atoms with van der Waals surface area (Å²) in [5.41, 5.74) is 2.94. The van der Waals surface area contributed by atoms with Crippen LogP contribution in [0.3, 0.4) is 0 Å². The normalized spacial score (nSPS) is 16.0. The van der Waals surface area contributed by atoms with Crippen molar-refractivity contribution in [2.75, 3.05) is 6.54 Å². The van der Waals surface area contributed by atoms with Gasteiger partial charge in [-0.3, -0.25) is 9.59 Å². The van der Waals surface area contributed by atoms with Crippen molar-refractivity contribution in [3.63, 3.8) is 0 Å². The molecule has 0 N–H and O–H groups in total. The number of benzene rings is 3. The van der Waals surface area contributed by atoms with Crippen molar-refractivity contribution in [3.05, 3.63) is 102 Å². The summed E-state index contributed by atoms with van der Waals surface area (Å²) < 4.78 is 27.5. The predicted octanol–water partition coefficient (Wildman–Crippen LogP) is 3.95. The quantitative estimate of drug-likeness (QED) is 0.494. The third-order valence-corrected chi connectivity index (χ3v) is 7.91. The zero-order valence-corrected chi connectivity index (χ0v) is 19.9. The third-order valence-electron chi connectivity index (χ3n) is 6.06. The van der Waals surface area contributed by atoms with Gasteiger partial charge in [0.25, 0.3) is 10.0 Å². The SMILES string of the molecule is Cc1ccc(S(=O)(=O)N2C(=O)CC[C@@H]2C(=O)N(CCc2ccccc2)Cc2ccccc2)cc1. The first-order chi connectivity index (χ1) is 16.4. The van der Waals surface area contributed by atoms with Crippen molar-refractivity contribution in [2.24, 2.45) is 0 Å². The molecule has 3 aromatic carbocycles. The Labute approximate surface area is 200 Å². The molecule has 1 fully saturated rings. The van der Waals surface area contributed by atoms with Crippen molar-refractivity contribution in [3.8, 4) is 0 Å². The van der Waals surface area contributed by atoms with Crippen LogP contribution in [0, 0.1) is 6.92 Å². The van der Waals surface area contributed by atoms with Gasteiger partial charge in [0.05, 0.1) is 4.90 Å². The van der Waals surface area contributed by atoms with Crippen LogP contribution in [0.2, 0.25) is 0 Å². The fraction of sp³-hybridized carbons (Fsp3) is 0.259. The number of carbonyl (C=O) groups excluding carboxylic acids is 2. The van der Waals surface area contributed by atoms with Crippen LogP contribution in [-0.4, -0.2) is 42.0 Å². The van der Waals surface area contributed by atoms with Crippen LogP contribution in [0.5, 0.6) is 0 Å².